The molecule has 1 saturated heterocycles. The minimum Gasteiger partial charge on any atom is -0.371 e. The summed E-state index contributed by atoms with van der Waals surface area (Å²) in [5.41, 5.74) is 0.857. The van der Waals surface area contributed by atoms with Crippen molar-refractivity contribution in [2.45, 2.75) is 50.6 Å². The normalized spacial score (nSPS) is 24.1. The lowest BCUT2D eigenvalue weighted by Crippen LogP contribution is -2.43. The predicted octanol–water partition coefficient (Wildman–Crippen LogP) is 3.42. The third-order valence-corrected chi connectivity index (χ3v) is 4.38. The second-order valence-corrected chi connectivity index (χ2v) is 5.97. The molecule has 1 heterocycles. The van der Waals surface area contributed by atoms with E-state index in [1.165, 1.54) is 12.1 Å². The monoisotopic (exact) mass is 280 g/mol. The summed E-state index contributed by atoms with van der Waals surface area (Å²) in [5.74, 6) is -0.561. The molecule has 2 fully saturated rings. The summed E-state index contributed by atoms with van der Waals surface area (Å²) >= 11 is 0. The fourth-order valence-corrected chi connectivity index (χ4v) is 2.93. The van der Waals surface area contributed by atoms with Gasteiger partial charge in [-0.05, 0) is 37.5 Å². The third-order valence-electron chi connectivity index (χ3n) is 4.38. The molecular weight excluding hydrogens is 259 g/mol. The van der Waals surface area contributed by atoms with E-state index in [0.29, 0.717) is 19.8 Å². The highest BCUT2D eigenvalue weighted by atomic mass is 19.1. The molecule has 1 spiro atoms. The highest BCUT2D eigenvalue weighted by Crippen LogP contribution is 2.41. The van der Waals surface area contributed by atoms with Crippen LogP contribution >= 0.6 is 0 Å². The van der Waals surface area contributed by atoms with Crippen molar-refractivity contribution in [3.63, 3.8) is 0 Å². The Morgan fingerprint density at radius 2 is 1.65 bits per heavy atom. The molecule has 110 valence electrons. The van der Waals surface area contributed by atoms with E-state index in [-0.39, 0.29) is 17.2 Å². The van der Waals surface area contributed by atoms with Crippen molar-refractivity contribution in [2.75, 3.05) is 13.2 Å². The SMILES string of the molecule is CC1(OCc2ccc(F)cc2)CCC2(CC1)OCCO2. The molecule has 20 heavy (non-hydrogen) atoms. The first-order valence-electron chi connectivity index (χ1n) is 7.26. The number of halogens is 1. The average molecular weight is 280 g/mol. The van der Waals surface area contributed by atoms with Crippen LogP contribution in [0.4, 0.5) is 4.39 Å². The summed E-state index contributed by atoms with van der Waals surface area (Å²) in [4.78, 5) is 0. The maximum Gasteiger partial charge on any atom is 0.168 e. The molecule has 0 N–H and O–H groups in total. The Morgan fingerprint density at radius 1 is 1.05 bits per heavy atom. The van der Waals surface area contributed by atoms with E-state index in [1.807, 2.05) is 0 Å². The van der Waals surface area contributed by atoms with E-state index < -0.39 is 0 Å². The van der Waals surface area contributed by atoms with Crippen molar-refractivity contribution in [1.29, 1.82) is 0 Å². The number of hydrogen-bond acceptors (Lipinski definition) is 3. The molecule has 1 saturated carbocycles. The third kappa shape index (κ3) is 3.03. The number of benzene rings is 1. The van der Waals surface area contributed by atoms with Gasteiger partial charge in [0.25, 0.3) is 0 Å². The van der Waals surface area contributed by atoms with E-state index in [2.05, 4.69) is 6.92 Å². The lowest BCUT2D eigenvalue weighted by atomic mass is 9.82. The summed E-state index contributed by atoms with van der Waals surface area (Å²) < 4.78 is 30.4. The van der Waals surface area contributed by atoms with Gasteiger partial charge in [-0.15, -0.1) is 0 Å². The summed E-state index contributed by atoms with van der Waals surface area (Å²) in [6.45, 7) is 4.06. The highest BCUT2D eigenvalue weighted by molar-refractivity contribution is 5.15. The first kappa shape index (κ1) is 14.0. The Hall–Kier alpha value is -0.970. The number of hydrogen-bond donors (Lipinski definition) is 0. The Kier molecular flexibility index (Phi) is 3.80. The first-order valence-corrected chi connectivity index (χ1v) is 7.26. The Labute approximate surface area is 119 Å². The Balaban J connectivity index is 1.54. The molecule has 2 aliphatic rings. The van der Waals surface area contributed by atoms with Crippen molar-refractivity contribution < 1.29 is 18.6 Å². The van der Waals surface area contributed by atoms with Gasteiger partial charge >= 0.3 is 0 Å². The molecule has 1 aliphatic carbocycles. The van der Waals surface area contributed by atoms with Gasteiger partial charge in [0, 0.05) is 12.8 Å². The van der Waals surface area contributed by atoms with Gasteiger partial charge in [-0.1, -0.05) is 12.1 Å². The molecule has 0 aromatic heterocycles. The lowest BCUT2D eigenvalue weighted by Gasteiger charge is -2.41. The van der Waals surface area contributed by atoms with Crippen molar-refractivity contribution in [3.05, 3.63) is 35.6 Å². The van der Waals surface area contributed by atoms with Crippen LogP contribution in [-0.4, -0.2) is 24.6 Å². The molecule has 4 heteroatoms. The Bertz CT molecular complexity index is 441. The van der Waals surface area contributed by atoms with E-state index in [0.717, 1.165) is 31.2 Å². The maximum atomic E-state index is 12.9. The van der Waals surface area contributed by atoms with Gasteiger partial charge in [-0.25, -0.2) is 4.39 Å². The maximum absolute atomic E-state index is 12.9. The molecule has 3 nitrogen and oxygen atoms in total. The second-order valence-electron chi connectivity index (χ2n) is 5.97. The zero-order chi connectivity index (χ0) is 14.1. The van der Waals surface area contributed by atoms with Crippen LogP contribution in [0.2, 0.25) is 0 Å². The molecule has 0 amide bonds. The lowest BCUT2D eigenvalue weighted by molar-refractivity contribution is -0.209. The molecule has 1 aromatic carbocycles. The summed E-state index contributed by atoms with van der Waals surface area (Å²) in [5, 5.41) is 0. The van der Waals surface area contributed by atoms with Crippen LogP contribution in [-0.2, 0) is 20.8 Å². The minimum atomic E-state index is -0.348. The average Bonchev–Trinajstić information content (AvgIpc) is 2.91. The standard InChI is InChI=1S/C16H21FO3/c1-15(20-12-13-2-4-14(17)5-3-13)6-8-16(9-7-15)18-10-11-19-16/h2-5H,6-12H2,1H3. The van der Waals surface area contributed by atoms with Gasteiger partial charge in [-0.2, -0.15) is 0 Å². The van der Waals surface area contributed by atoms with Gasteiger partial charge in [0.15, 0.2) is 5.79 Å². The number of rotatable bonds is 3. The molecule has 3 rings (SSSR count). The molecule has 0 bridgehead atoms. The first-order chi connectivity index (χ1) is 9.59. The van der Waals surface area contributed by atoms with E-state index in [1.54, 1.807) is 12.1 Å². The largest absolute Gasteiger partial charge is 0.371 e. The van der Waals surface area contributed by atoms with Crippen molar-refractivity contribution in [3.8, 4) is 0 Å². The van der Waals surface area contributed by atoms with Crippen LogP contribution in [0.5, 0.6) is 0 Å². The van der Waals surface area contributed by atoms with E-state index in [9.17, 15) is 4.39 Å². The molecular formula is C16H21FO3. The fraction of sp³-hybridized carbons (Fsp3) is 0.625. The molecule has 0 atom stereocenters. The summed E-state index contributed by atoms with van der Waals surface area (Å²) in [6.07, 6.45) is 3.61. The van der Waals surface area contributed by atoms with Crippen molar-refractivity contribution >= 4 is 0 Å². The van der Waals surface area contributed by atoms with Crippen LogP contribution in [0.1, 0.15) is 38.2 Å². The van der Waals surface area contributed by atoms with Crippen LogP contribution in [0.15, 0.2) is 24.3 Å². The van der Waals surface area contributed by atoms with Gasteiger partial charge in [0.05, 0.1) is 25.4 Å². The van der Waals surface area contributed by atoms with Gasteiger partial charge in [-0.3, -0.25) is 0 Å². The van der Waals surface area contributed by atoms with Crippen LogP contribution in [0.3, 0.4) is 0 Å². The van der Waals surface area contributed by atoms with E-state index in [4.69, 9.17) is 14.2 Å². The second kappa shape index (κ2) is 5.43. The quantitative estimate of drug-likeness (QED) is 0.849. The summed E-state index contributed by atoms with van der Waals surface area (Å²) in [6, 6.07) is 6.48. The van der Waals surface area contributed by atoms with Crippen molar-refractivity contribution in [1.82, 2.24) is 0 Å². The fourth-order valence-electron chi connectivity index (χ4n) is 2.93. The summed E-state index contributed by atoms with van der Waals surface area (Å²) in [7, 11) is 0. The minimum absolute atomic E-state index is 0.144. The highest BCUT2D eigenvalue weighted by Gasteiger charge is 2.44. The molecule has 1 aliphatic heterocycles. The smallest absolute Gasteiger partial charge is 0.168 e. The predicted molar refractivity (Wildman–Crippen MR) is 72.7 cm³/mol. The topological polar surface area (TPSA) is 27.7 Å². The van der Waals surface area contributed by atoms with Gasteiger partial charge in [0.2, 0.25) is 0 Å². The van der Waals surface area contributed by atoms with Crippen LogP contribution in [0, 0.1) is 5.82 Å². The van der Waals surface area contributed by atoms with Crippen LogP contribution < -0.4 is 0 Å². The van der Waals surface area contributed by atoms with Crippen molar-refractivity contribution in [2.24, 2.45) is 0 Å². The van der Waals surface area contributed by atoms with Crippen LogP contribution in [0.25, 0.3) is 0 Å². The molecule has 0 radical (unpaired) electrons. The zero-order valence-corrected chi connectivity index (χ0v) is 11.9. The zero-order valence-electron chi connectivity index (χ0n) is 11.9. The molecule has 1 aromatic rings. The van der Waals surface area contributed by atoms with Gasteiger partial charge < -0.3 is 14.2 Å². The number of ether oxygens (including phenoxy) is 3. The van der Waals surface area contributed by atoms with Gasteiger partial charge in [0.1, 0.15) is 5.82 Å². The van der Waals surface area contributed by atoms with E-state index >= 15 is 0 Å². The molecule has 0 unspecified atom stereocenters. The Morgan fingerprint density at radius 3 is 2.25 bits per heavy atom.